The molecule has 1 aliphatic carbocycles. The number of hydrogen-bond acceptors (Lipinski definition) is 2. The zero-order valence-electron chi connectivity index (χ0n) is 7.86. The molecule has 2 N–H and O–H groups in total. The predicted octanol–water partition coefficient (Wildman–Crippen LogP) is 1.65. The van der Waals surface area contributed by atoms with Crippen molar-refractivity contribution in [2.45, 2.75) is 25.0 Å². The van der Waals surface area contributed by atoms with Crippen LogP contribution >= 0.6 is 0 Å². The Labute approximate surface area is 78.7 Å². The van der Waals surface area contributed by atoms with Crippen LogP contribution in [0.1, 0.15) is 23.6 Å². The number of nitrogens with two attached hydrogens (primary N) is 1. The van der Waals surface area contributed by atoms with Crippen LogP contribution < -0.4 is 5.73 Å². The summed E-state index contributed by atoms with van der Waals surface area (Å²) in [5.74, 6) is 0. The van der Waals surface area contributed by atoms with Crippen molar-refractivity contribution in [1.29, 1.82) is 0 Å². The molecule has 2 atom stereocenters. The van der Waals surface area contributed by atoms with Crippen LogP contribution in [0, 0.1) is 0 Å². The minimum Gasteiger partial charge on any atom is -0.379 e. The van der Waals surface area contributed by atoms with E-state index in [-0.39, 0.29) is 12.1 Å². The minimum absolute atomic E-state index is 0.0509. The molecule has 0 radical (unpaired) electrons. The van der Waals surface area contributed by atoms with E-state index in [4.69, 9.17) is 10.5 Å². The van der Waals surface area contributed by atoms with Gasteiger partial charge in [0.05, 0.1) is 12.1 Å². The molecule has 1 aliphatic rings. The molecular weight excluding hydrogens is 162 g/mol. The molecule has 2 rings (SSSR count). The van der Waals surface area contributed by atoms with Gasteiger partial charge in [-0.25, -0.2) is 0 Å². The van der Waals surface area contributed by atoms with E-state index in [2.05, 4.69) is 18.2 Å². The third kappa shape index (κ3) is 1.47. The van der Waals surface area contributed by atoms with Gasteiger partial charge in [-0.1, -0.05) is 24.3 Å². The average Bonchev–Trinajstić information content (AvgIpc) is 2.19. The summed E-state index contributed by atoms with van der Waals surface area (Å²) in [5, 5.41) is 0. The van der Waals surface area contributed by atoms with Gasteiger partial charge in [0.15, 0.2) is 0 Å². The smallest absolute Gasteiger partial charge is 0.0767 e. The maximum atomic E-state index is 6.08. The van der Waals surface area contributed by atoms with E-state index >= 15 is 0 Å². The molecule has 0 amide bonds. The standard InChI is InChI=1S/C11H15NO/c1-13-10-7-6-8-4-2-3-5-9(8)11(10)12/h2-5,10-11H,6-7,12H2,1H3/t10-,11+/m0/s1. The summed E-state index contributed by atoms with van der Waals surface area (Å²) in [7, 11) is 1.73. The van der Waals surface area contributed by atoms with Gasteiger partial charge in [-0.15, -0.1) is 0 Å². The highest BCUT2D eigenvalue weighted by Gasteiger charge is 2.25. The van der Waals surface area contributed by atoms with Gasteiger partial charge < -0.3 is 10.5 Å². The first-order valence-corrected chi connectivity index (χ1v) is 4.69. The second-order valence-corrected chi connectivity index (χ2v) is 3.54. The van der Waals surface area contributed by atoms with Gasteiger partial charge in [0.2, 0.25) is 0 Å². The second kappa shape index (κ2) is 3.48. The molecule has 0 bridgehead atoms. The summed E-state index contributed by atoms with van der Waals surface area (Å²) < 4.78 is 5.34. The highest BCUT2D eigenvalue weighted by molar-refractivity contribution is 5.33. The van der Waals surface area contributed by atoms with Crippen LogP contribution in [0.4, 0.5) is 0 Å². The van der Waals surface area contributed by atoms with Gasteiger partial charge in [0.25, 0.3) is 0 Å². The Morgan fingerprint density at radius 3 is 2.92 bits per heavy atom. The van der Waals surface area contributed by atoms with E-state index < -0.39 is 0 Å². The molecule has 0 aromatic heterocycles. The number of rotatable bonds is 1. The maximum absolute atomic E-state index is 6.08. The van der Waals surface area contributed by atoms with Gasteiger partial charge in [0, 0.05) is 7.11 Å². The first kappa shape index (κ1) is 8.73. The quantitative estimate of drug-likeness (QED) is 0.708. The predicted molar refractivity (Wildman–Crippen MR) is 52.5 cm³/mol. The highest BCUT2D eigenvalue weighted by Crippen LogP contribution is 2.29. The van der Waals surface area contributed by atoms with Gasteiger partial charge in [0.1, 0.15) is 0 Å². The van der Waals surface area contributed by atoms with Gasteiger partial charge in [-0.2, -0.15) is 0 Å². The SMILES string of the molecule is CO[C@H]1CCc2ccccc2[C@H]1N. The lowest BCUT2D eigenvalue weighted by Crippen LogP contribution is -2.32. The molecule has 0 spiro atoms. The molecule has 1 aromatic carbocycles. The highest BCUT2D eigenvalue weighted by atomic mass is 16.5. The maximum Gasteiger partial charge on any atom is 0.0767 e. The van der Waals surface area contributed by atoms with Crippen molar-refractivity contribution in [1.82, 2.24) is 0 Å². The molecule has 2 heteroatoms. The fourth-order valence-corrected chi connectivity index (χ4v) is 2.03. The molecule has 70 valence electrons. The van der Waals surface area contributed by atoms with Crippen LogP contribution in [0.15, 0.2) is 24.3 Å². The van der Waals surface area contributed by atoms with Gasteiger partial charge >= 0.3 is 0 Å². The Morgan fingerprint density at radius 2 is 2.15 bits per heavy atom. The van der Waals surface area contributed by atoms with Crippen LogP contribution in [0.25, 0.3) is 0 Å². The molecule has 13 heavy (non-hydrogen) atoms. The Balaban J connectivity index is 2.33. The monoisotopic (exact) mass is 177 g/mol. The number of benzene rings is 1. The van der Waals surface area contributed by atoms with E-state index in [1.807, 2.05) is 6.07 Å². The van der Waals surface area contributed by atoms with Crippen molar-refractivity contribution in [3.8, 4) is 0 Å². The Hall–Kier alpha value is -0.860. The van der Waals surface area contributed by atoms with Crippen LogP contribution in [-0.2, 0) is 11.2 Å². The molecular formula is C11H15NO. The van der Waals surface area contributed by atoms with E-state index in [0.717, 1.165) is 12.8 Å². The Bertz CT molecular complexity index is 298. The van der Waals surface area contributed by atoms with Crippen molar-refractivity contribution in [3.05, 3.63) is 35.4 Å². The molecule has 0 heterocycles. The third-order valence-electron chi connectivity index (χ3n) is 2.82. The average molecular weight is 177 g/mol. The fourth-order valence-electron chi connectivity index (χ4n) is 2.03. The fraction of sp³-hybridized carbons (Fsp3) is 0.455. The molecule has 0 aliphatic heterocycles. The number of fused-ring (bicyclic) bond motifs is 1. The molecule has 0 saturated heterocycles. The second-order valence-electron chi connectivity index (χ2n) is 3.54. The van der Waals surface area contributed by atoms with Crippen molar-refractivity contribution in [2.24, 2.45) is 5.73 Å². The van der Waals surface area contributed by atoms with Gasteiger partial charge in [-0.3, -0.25) is 0 Å². The van der Waals surface area contributed by atoms with E-state index in [1.54, 1.807) is 7.11 Å². The topological polar surface area (TPSA) is 35.2 Å². The number of ether oxygens (including phenoxy) is 1. The van der Waals surface area contributed by atoms with Crippen molar-refractivity contribution in [2.75, 3.05) is 7.11 Å². The Morgan fingerprint density at radius 1 is 1.38 bits per heavy atom. The van der Waals surface area contributed by atoms with Crippen LogP contribution in [0.5, 0.6) is 0 Å². The van der Waals surface area contributed by atoms with Crippen molar-refractivity contribution in [3.63, 3.8) is 0 Å². The molecule has 0 unspecified atom stereocenters. The molecule has 0 saturated carbocycles. The number of hydrogen-bond donors (Lipinski definition) is 1. The zero-order chi connectivity index (χ0) is 9.26. The summed E-state index contributed by atoms with van der Waals surface area (Å²) in [5.41, 5.74) is 8.70. The first-order chi connectivity index (χ1) is 6.33. The minimum atomic E-state index is 0.0509. The summed E-state index contributed by atoms with van der Waals surface area (Å²) in [4.78, 5) is 0. The molecule has 0 fully saturated rings. The number of methoxy groups -OCH3 is 1. The van der Waals surface area contributed by atoms with E-state index in [9.17, 15) is 0 Å². The summed E-state index contributed by atoms with van der Waals surface area (Å²) in [6.07, 6.45) is 2.31. The summed E-state index contributed by atoms with van der Waals surface area (Å²) in [6, 6.07) is 8.41. The Kier molecular flexibility index (Phi) is 2.34. The third-order valence-corrected chi connectivity index (χ3v) is 2.82. The van der Waals surface area contributed by atoms with Crippen molar-refractivity contribution < 1.29 is 4.74 Å². The number of aryl methyl sites for hydroxylation is 1. The van der Waals surface area contributed by atoms with Crippen LogP contribution in [-0.4, -0.2) is 13.2 Å². The van der Waals surface area contributed by atoms with Crippen molar-refractivity contribution >= 4 is 0 Å². The van der Waals surface area contributed by atoms with E-state index in [0.29, 0.717) is 0 Å². The summed E-state index contributed by atoms with van der Waals surface area (Å²) >= 11 is 0. The van der Waals surface area contributed by atoms with Gasteiger partial charge in [-0.05, 0) is 24.0 Å². The van der Waals surface area contributed by atoms with Crippen LogP contribution in [0.3, 0.4) is 0 Å². The normalized spacial score (nSPS) is 26.9. The van der Waals surface area contributed by atoms with E-state index in [1.165, 1.54) is 11.1 Å². The lowest BCUT2D eigenvalue weighted by molar-refractivity contribution is 0.0678. The first-order valence-electron chi connectivity index (χ1n) is 4.69. The lowest BCUT2D eigenvalue weighted by Gasteiger charge is -2.29. The lowest BCUT2D eigenvalue weighted by atomic mass is 9.86. The summed E-state index contributed by atoms with van der Waals surface area (Å²) in [6.45, 7) is 0. The van der Waals surface area contributed by atoms with Crippen LogP contribution in [0.2, 0.25) is 0 Å². The zero-order valence-corrected chi connectivity index (χ0v) is 7.86. The largest absolute Gasteiger partial charge is 0.379 e. The molecule has 1 aromatic rings. The molecule has 2 nitrogen and oxygen atoms in total.